The van der Waals surface area contributed by atoms with Crippen LogP contribution >= 0.6 is 44.7 Å². The van der Waals surface area contributed by atoms with Crippen molar-refractivity contribution in [2.45, 2.75) is 17.5 Å². The summed E-state index contributed by atoms with van der Waals surface area (Å²) in [5, 5.41) is 26.0. The van der Waals surface area contributed by atoms with Gasteiger partial charge in [-0.1, -0.05) is 26.7 Å². The zero-order valence-corrected chi connectivity index (χ0v) is 20.8. The highest BCUT2D eigenvalue weighted by molar-refractivity contribution is 8.76. The van der Waals surface area contributed by atoms with Gasteiger partial charge in [0, 0.05) is 22.6 Å². The minimum Gasteiger partial charge on any atom is -0.480 e. The number of nitrogen functional groups attached to an aromatic ring is 1. The molecule has 0 radical (unpaired) electrons. The number of hydrogen-bond donors (Lipinski definition) is 5. The molecule has 184 valence electrons. The molecule has 0 saturated carbocycles. The molecule has 3 heterocycles. The quantitative estimate of drug-likeness (QED) is 0.0785. The number of rotatable bonds is 11. The minimum absolute atomic E-state index is 0.132. The number of nitrogens with zero attached hydrogens (tertiary/aromatic N) is 3. The van der Waals surface area contributed by atoms with Crippen LogP contribution in [-0.2, 0) is 24.0 Å². The predicted molar refractivity (Wildman–Crippen MR) is 130 cm³/mol. The van der Waals surface area contributed by atoms with Crippen molar-refractivity contribution in [3.05, 3.63) is 22.3 Å². The summed E-state index contributed by atoms with van der Waals surface area (Å²) in [5.74, 6) is -2.91. The number of anilines is 1. The van der Waals surface area contributed by atoms with Gasteiger partial charge < -0.3 is 31.8 Å². The Kier molecular flexibility index (Phi) is 8.69. The van der Waals surface area contributed by atoms with E-state index >= 15 is 0 Å². The number of aromatic nitrogens is 1. The second-order valence-corrected chi connectivity index (χ2v) is 11.3. The lowest BCUT2D eigenvalue weighted by molar-refractivity contribution is -0.150. The molecule has 3 atom stereocenters. The van der Waals surface area contributed by atoms with Gasteiger partial charge in [0.05, 0.1) is 0 Å². The topological polar surface area (TPSA) is 211 Å². The number of fused-ring (bicyclic) bond motifs is 1. The molecule has 17 heteroatoms. The zero-order chi connectivity index (χ0) is 25.0. The van der Waals surface area contributed by atoms with Gasteiger partial charge in [-0.2, -0.15) is 0 Å². The summed E-state index contributed by atoms with van der Waals surface area (Å²) in [4.78, 5) is 58.1. The molecule has 2 aliphatic heterocycles. The van der Waals surface area contributed by atoms with E-state index in [0.717, 1.165) is 16.2 Å². The third-order valence-electron chi connectivity index (χ3n) is 4.58. The van der Waals surface area contributed by atoms with E-state index in [9.17, 15) is 24.3 Å². The molecule has 13 nitrogen and oxygen atoms in total. The average Bonchev–Trinajstić information content (AvgIpc) is 3.23. The van der Waals surface area contributed by atoms with Gasteiger partial charge in [0.1, 0.15) is 36.0 Å². The van der Waals surface area contributed by atoms with E-state index < -0.39 is 41.2 Å². The molecule has 0 bridgehead atoms. The number of carbonyl (C=O) groups excluding carboxylic acids is 2. The first-order valence-corrected chi connectivity index (χ1v) is 13.8. The maximum Gasteiger partial charge on any atom is 0.352 e. The lowest BCUT2D eigenvalue weighted by Gasteiger charge is -2.49. The SMILES string of the molecule is CON=C(C(=O)NC1C(=O)N2C(C(=O)O)=C(CSSCC(N)C(=O)O)CSC12)c1csc(N)n1. The van der Waals surface area contributed by atoms with Crippen LogP contribution < -0.4 is 16.8 Å². The molecule has 1 saturated heterocycles. The van der Waals surface area contributed by atoms with Gasteiger partial charge in [-0.25, -0.2) is 9.78 Å². The van der Waals surface area contributed by atoms with Crippen LogP contribution in [0.15, 0.2) is 21.8 Å². The Labute approximate surface area is 209 Å². The molecule has 3 rings (SSSR count). The highest BCUT2D eigenvalue weighted by atomic mass is 33.1. The van der Waals surface area contributed by atoms with Crippen LogP contribution in [0.4, 0.5) is 5.13 Å². The maximum absolute atomic E-state index is 12.8. The predicted octanol–water partition coefficient (Wildman–Crippen LogP) is -0.392. The van der Waals surface area contributed by atoms with Gasteiger partial charge in [0.2, 0.25) is 0 Å². The fourth-order valence-corrected chi connectivity index (χ4v) is 7.28. The maximum atomic E-state index is 12.8. The average molecular weight is 549 g/mol. The lowest BCUT2D eigenvalue weighted by Crippen LogP contribution is -2.71. The Morgan fingerprint density at radius 3 is 2.74 bits per heavy atom. The number of carbonyl (C=O) groups is 4. The highest BCUT2D eigenvalue weighted by Gasteiger charge is 2.54. The van der Waals surface area contributed by atoms with E-state index in [4.69, 9.17) is 21.4 Å². The first-order valence-electron chi connectivity index (χ1n) is 9.41. The fraction of sp³-hybridized carbons (Fsp3) is 0.412. The van der Waals surface area contributed by atoms with Crippen molar-refractivity contribution in [1.82, 2.24) is 15.2 Å². The summed E-state index contributed by atoms with van der Waals surface area (Å²) >= 11 is 2.42. The first-order chi connectivity index (χ1) is 16.1. The zero-order valence-electron chi connectivity index (χ0n) is 17.5. The molecule has 1 aromatic heterocycles. The van der Waals surface area contributed by atoms with Gasteiger partial charge in [-0.3, -0.25) is 19.3 Å². The van der Waals surface area contributed by atoms with Crippen molar-refractivity contribution in [1.29, 1.82) is 0 Å². The Hall–Kier alpha value is -2.47. The summed E-state index contributed by atoms with van der Waals surface area (Å²) in [6.07, 6.45) is 0. The van der Waals surface area contributed by atoms with Gasteiger partial charge in [-0.05, 0) is 5.57 Å². The number of thioether (sulfide) groups is 1. The van der Waals surface area contributed by atoms with Crippen LogP contribution in [0.25, 0.3) is 0 Å². The summed E-state index contributed by atoms with van der Waals surface area (Å²) in [7, 11) is 3.73. The van der Waals surface area contributed by atoms with Gasteiger partial charge >= 0.3 is 11.9 Å². The van der Waals surface area contributed by atoms with Gasteiger partial charge in [0.15, 0.2) is 10.8 Å². The number of amides is 2. The van der Waals surface area contributed by atoms with E-state index in [0.29, 0.717) is 11.3 Å². The highest BCUT2D eigenvalue weighted by Crippen LogP contribution is 2.42. The Balaban J connectivity index is 1.67. The second kappa shape index (κ2) is 11.3. The smallest absolute Gasteiger partial charge is 0.352 e. The van der Waals surface area contributed by atoms with E-state index in [-0.39, 0.29) is 33.7 Å². The monoisotopic (exact) mass is 548 g/mol. The van der Waals surface area contributed by atoms with E-state index in [1.807, 2.05) is 0 Å². The molecule has 0 aliphatic carbocycles. The Morgan fingerprint density at radius 2 is 2.15 bits per heavy atom. The lowest BCUT2D eigenvalue weighted by atomic mass is 10.0. The second-order valence-electron chi connectivity index (χ2n) is 6.80. The number of thiazole rings is 1. The molecule has 2 aliphatic rings. The van der Waals surface area contributed by atoms with E-state index in [2.05, 4.69) is 15.5 Å². The molecule has 1 aromatic rings. The number of carboxylic acids is 2. The van der Waals surface area contributed by atoms with Crippen molar-refractivity contribution < 1.29 is 34.2 Å². The van der Waals surface area contributed by atoms with Crippen molar-refractivity contribution in [2.75, 3.05) is 30.1 Å². The molecule has 34 heavy (non-hydrogen) atoms. The molecular weight excluding hydrogens is 528 g/mol. The van der Waals surface area contributed by atoms with E-state index in [1.54, 1.807) is 0 Å². The standard InChI is InChI=1S/C17H20N6O7S4/c1-30-22-9(8-5-32-17(19)20-8)12(24)21-10-13(25)23-11(16(28)29)6(2-31-14(10)23)3-33-34-4-7(18)15(26)27/h5,7,10,14H,2-4,18H2,1H3,(H2,19,20)(H,21,24)(H,26,27)(H,28,29). The Morgan fingerprint density at radius 1 is 1.41 bits per heavy atom. The molecule has 3 unspecified atom stereocenters. The Bertz CT molecular complexity index is 1060. The summed E-state index contributed by atoms with van der Waals surface area (Å²) in [5.41, 5.74) is 11.5. The summed E-state index contributed by atoms with van der Waals surface area (Å²) < 4.78 is 0. The number of aliphatic carboxylic acids is 2. The third kappa shape index (κ3) is 5.60. The summed E-state index contributed by atoms with van der Waals surface area (Å²) in [6.45, 7) is 0. The van der Waals surface area contributed by atoms with Crippen LogP contribution in [-0.4, -0.2) is 91.4 Å². The number of nitrogens with two attached hydrogens (primary N) is 2. The molecule has 2 amide bonds. The molecule has 7 N–H and O–H groups in total. The molecule has 1 fully saturated rings. The largest absolute Gasteiger partial charge is 0.480 e. The number of oxime groups is 1. The number of hydrogen-bond acceptors (Lipinski definition) is 13. The van der Waals surface area contributed by atoms with Gasteiger partial charge in [-0.15, -0.1) is 23.1 Å². The number of carboxylic acid groups (broad SMARTS) is 2. The molecule has 0 spiro atoms. The van der Waals surface area contributed by atoms with Crippen molar-refractivity contribution in [2.24, 2.45) is 10.9 Å². The van der Waals surface area contributed by atoms with Crippen molar-refractivity contribution >= 4 is 79.3 Å². The minimum atomic E-state index is -1.26. The number of nitrogens with one attached hydrogen (secondary N) is 1. The van der Waals surface area contributed by atoms with Crippen molar-refractivity contribution in [3.63, 3.8) is 0 Å². The van der Waals surface area contributed by atoms with Crippen LogP contribution in [0.5, 0.6) is 0 Å². The van der Waals surface area contributed by atoms with Crippen molar-refractivity contribution in [3.8, 4) is 0 Å². The fourth-order valence-electron chi connectivity index (χ4n) is 3.00. The van der Waals surface area contributed by atoms with Crippen LogP contribution in [0.3, 0.4) is 0 Å². The van der Waals surface area contributed by atoms with Crippen LogP contribution in [0.2, 0.25) is 0 Å². The third-order valence-corrected chi connectivity index (χ3v) is 8.98. The van der Waals surface area contributed by atoms with E-state index in [1.165, 1.54) is 45.8 Å². The summed E-state index contributed by atoms with van der Waals surface area (Å²) in [6, 6.07) is -1.98. The van der Waals surface area contributed by atoms with Crippen LogP contribution in [0, 0.1) is 0 Å². The molecule has 0 aromatic carbocycles. The molecular formula is C17H20N6O7S4. The van der Waals surface area contributed by atoms with Gasteiger partial charge in [0.25, 0.3) is 11.8 Å². The number of β-lactam (4-membered cyclic amide) rings is 1. The first kappa shape index (κ1) is 26.1. The normalized spacial score (nSPS) is 20.9. The van der Waals surface area contributed by atoms with Crippen LogP contribution in [0.1, 0.15) is 5.69 Å².